The first-order valence-electron chi connectivity index (χ1n) is 10.4. The molecule has 0 spiro atoms. The second kappa shape index (κ2) is 10.6. The zero-order chi connectivity index (χ0) is 24.7. The van der Waals surface area contributed by atoms with Crippen molar-refractivity contribution in [3.8, 4) is 0 Å². The first-order valence-corrected chi connectivity index (χ1v) is 13.8. The van der Waals surface area contributed by atoms with Gasteiger partial charge in [0.15, 0.2) is 0 Å². The molecule has 0 aliphatic carbocycles. The summed E-state index contributed by atoms with van der Waals surface area (Å²) in [5.74, 6) is 0. The predicted octanol–water partition coefficient (Wildman–Crippen LogP) is 7.40. The van der Waals surface area contributed by atoms with Crippen LogP contribution < -0.4 is 10.4 Å². The number of nitrogens with zero attached hydrogens (tertiary/aromatic N) is 4. The second-order valence-corrected chi connectivity index (χ2v) is 11.2. The van der Waals surface area contributed by atoms with Crippen molar-refractivity contribution in [3.63, 3.8) is 0 Å². The molecule has 35 heavy (non-hydrogen) atoms. The first kappa shape index (κ1) is 24.3. The number of benzene rings is 4. The lowest BCUT2D eigenvalue weighted by molar-refractivity contribution is 0.319. The van der Waals surface area contributed by atoms with E-state index >= 15 is 16.4 Å². The standard InChI is InChI=1S/C24H18F4N4OSi2/c25-34(26,23-17-9-7-15-21(23)31-29-19-11-3-1-4-12-19)33-35(27,28)24-18-10-8-16-22(24)32-30-20-13-5-2-6-14-20/h1-18H. The Hall–Kier alpha value is -3.81. The zero-order valence-corrected chi connectivity index (χ0v) is 20.1. The number of hydrogen-bond donors (Lipinski definition) is 0. The minimum atomic E-state index is -6.10. The Morgan fingerprint density at radius 2 is 0.771 bits per heavy atom. The molecule has 0 saturated carbocycles. The highest BCUT2D eigenvalue weighted by Crippen LogP contribution is 2.27. The van der Waals surface area contributed by atoms with Crippen LogP contribution in [0.1, 0.15) is 0 Å². The lowest BCUT2D eigenvalue weighted by Gasteiger charge is -2.21. The highest BCUT2D eigenvalue weighted by molar-refractivity contribution is 6.88. The maximum Gasteiger partial charge on any atom is 0.609 e. The third kappa shape index (κ3) is 6.20. The highest BCUT2D eigenvalue weighted by atomic mass is 28.5. The fraction of sp³-hybridized carbons (Fsp3) is 0. The van der Waals surface area contributed by atoms with Gasteiger partial charge in [-0.05, 0) is 36.4 Å². The molecule has 176 valence electrons. The summed E-state index contributed by atoms with van der Waals surface area (Å²) in [6, 6.07) is 27.2. The summed E-state index contributed by atoms with van der Waals surface area (Å²) in [4.78, 5) is 0. The largest absolute Gasteiger partial charge is 0.609 e. The normalized spacial score (nSPS) is 12.5. The number of azo groups is 2. The van der Waals surface area contributed by atoms with Crippen LogP contribution in [0, 0.1) is 0 Å². The summed E-state index contributed by atoms with van der Waals surface area (Å²) in [6.45, 7) is 0. The average molecular weight is 511 g/mol. The molecule has 0 N–H and O–H groups in total. The SMILES string of the molecule is F[Si](F)(O[Si](F)(F)c1ccccc1N=Nc1ccccc1)c1ccccc1N=Nc1ccccc1. The van der Waals surface area contributed by atoms with Crippen LogP contribution in [-0.2, 0) is 4.12 Å². The van der Waals surface area contributed by atoms with Crippen LogP contribution in [-0.4, -0.2) is 18.0 Å². The molecule has 0 unspecified atom stereocenters. The quantitative estimate of drug-likeness (QED) is 0.105. The minimum Gasteiger partial charge on any atom is -0.353 e. The maximum atomic E-state index is 15.2. The van der Waals surface area contributed by atoms with Gasteiger partial charge in [0.25, 0.3) is 0 Å². The van der Waals surface area contributed by atoms with Gasteiger partial charge < -0.3 is 4.12 Å². The average Bonchev–Trinajstić information content (AvgIpc) is 2.87. The monoisotopic (exact) mass is 510 g/mol. The molecule has 4 aromatic rings. The number of rotatable bonds is 8. The molecule has 0 amide bonds. The van der Waals surface area contributed by atoms with Crippen molar-refractivity contribution < 1.29 is 20.5 Å². The molecule has 4 rings (SSSR count). The molecule has 0 heterocycles. The smallest absolute Gasteiger partial charge is 0.353 e. The van der Waals surface area contributed by atoms with E-state index in [0.29, 0.717) is 11.4 Å². The Bertz CT molecular complexity index is 1240. The van der Waals surface area contributed by atoms with Crippen LogP contribution in [0.3, 0.4) is 0 Å². The van der Waals surface area contributed by atoms with Gasteiger partial charge in [0.2, 0.25) is 0 Å². The van der Waals surface area contributed by atoms with Crippen LogP contribution in [0.4, 0.5) is 39.2 Å². The fourth-order valence-electron chi connectivity index (χ4n) is 3.10. The lowest BCUT2D eigenvalue weighted by atomic mass is 10.3. The summed E-state index contributed by atoms with van der Waals surface area (Å²) < 4.78 is 65.3. The Labute approximate surface area is 201 Å². The summed E-state index contributed by atoms with van der Waals surface area (Å²) >= 11 is 0. The topological polar surface area (TPSA) is 58.7 Å². The van der Waals surface area contributed by atoms with Crippen LogP contribution in [0.15, 0.2) is 130 Å². The van der Waals surface area contributed by atoms with E-state index in [1.54, 1.807) is 60.7 Å². The highest BCUT2D eigenvalue weighted by Gasteiger charge is 2.57. The number of halogens is 4. The lowest BCUT2D eigenvalue weighted by Crippen LogP contribution is -2.55. The van der Waals surface area contributed by atoms with Crippen molar-refractivity contribution in [2.75, 3.05) is 0 Å². The predicted molar refractivity (Wildman–Crippen MR) is 130 cm³/mol. The van der Waals surface area contributed by atoms with Crippen LogP contribution >= 0.6 is 0 Å². The molecule has 0 fully saturated rings. The third-order valence-electron chi connectivity index (χ3n) is 4.75. The van der Waals surface area contributed by atoms with Crippen LogP contribution in [0.2, 0.25) is 0 Å². The Kier molecular flexibility index (Phi) is 7.39. The van der Waals surface area contributed by atoms with Gasteiger partial charge in [-0.15, -0.1) is 0 Å². The molecule has 0 aliphatic rings. The molecule has 0 aliphatic heterocycles. The molecule has 0 aromatic heterocycles. The van der Waals surface area contributed by atoms with Gasteiger partial charge in [-0.25, -0.2) is 16.4 Å². The molecule has 5 nitrogen and oxygen atoms in total. The molecule has 0 bridgehead atoms. The Balaban J connectivity index is 1.62. The van der Waals surface area contributed by atoms with Crippen molar-refractivity contribution in [1.82, 2.24) is 0 Å². The van der Waals surface area contributed by atoms with Crippen LogP contribution in [0.5, 0.6) is 0 Å². The molecule has 11 heteroatoms. The van der Waals surface area contributed by atoms with Crippen molar-refractivity contribution in [2.45, 2.75) is 0 Å². The van der Waals surface area contributed by atoms with E-state index < -0.39 is 28.3 Å². The van der Waals surface area contributed by atoms with Crippen LogP contribution in [0.25, 0.3) is 0 Å². The molecule has 4 aromatic carbocycles. The summed E-state index contributed by atoms with van der Waals surface area (Å²) in [7, 11) is -12.2. The number of hydrogen-bond acceptors (Lipinski definition) is 5. The zero-order valence-electron chi connectivity index (χ0n) is 18.1. The first-order chi connectivity index (χ1) is 16.9. The van der Waals surface area contributed by atoms with E-state index in [-0.39, 0.29) is 11.4 Å². The summed E-state index contributed by atoms with van der Waals surface area (Å²) in [5, 5.41) is 14.2. The van der Waals surface area contributed by atoms with E-state index in [2.05, 4.69) is 24.6 Å². The molecular weight excluding hydrogens is 492 g/mol. The summed E-state index contributed by atoms with van der Waals surface area (Å²) in [5.41, 5.74) is 0.418. The van der Waals surface area contributed by atoms with E-state index in [0.717, 1.165) is 12.1 Å². The van der Waals surface area contributed by atoms with Crippen molar-refractivity contribution in [1.29, 1.82) is 0 Å². The van der Waals surface area contributed by atoms with E-state index in [1.807, 2.05) is 0 Å². The van der Waals surface area contributed by atoms with Gasteiger partial charge in [0, 0.05) is 0 Å². The van der Waals surface area contributed by atoms with Gasteiger partial charge in [-0.3, -0.25) is 0 Å². The fourth-order valence-corrected chi connectivity index (χ4v) is 6.71. The summed E-state index contributed by atoms with van der Waals surface area (Å²) in [6.07, 6.45) is 0. The van der Waals surface area contributed by atoms with Crippen molar-refractivity contribution in [3.05, 3.63) is 109 Å². The Morgan fingerprint density at radius 3 is 1.17 bits per heavy atom. The van der Waals surface area contributed by atoms with Gasteiger partial charge in [0.05, 0.1) is 33.1 Å². The van der Waals surface area contributed by atoms with E-state index in [1.165, 1.54) is 36.4 Å². The van der Waals surface area contributed by atoms with Crippen molar-refractivity contribution in [2.24, 2.45) is 20.5 Å². The van der Waals surface area contributed by atoms with Crippen molar-refractivity contribution >= 4 is 51.1 Å². The van der Waals surface area contributed by atoms with E-state index in [9.17, 15) is 0 Å². The van der Waals surface area contributed by atoms with Gasteiger partial charge in [-0.2, -0.15) is 20.5 Å². The molecule has 0 radical (unpaired) electrons. The minimum absolute atomic E-state index is 0.227. The molecule has 0 saturated heterocycles. The van der Waals surface area contributed by atoms with E-state index in [4.69, 9.17) is 0 Å². The third-order valence-corrected chi connectivity index (χ3v) is 8.90. The maximum absolute atomic E-state index is 15.2. The molecular formula is C24H18F4N4OSi2. The van der Waals surface area contributed by atoms with Gasteiger partial charge in [-0.1, -0.05) is 72.8 Å². The second-order valence-electron chi connectivity index (χ2n) is 7.24. The van der Waals surface area contributed by atoms with Gasteiger partial charge in [0.1, 0.15) is 0 Å². The van der Waals surface area contributed by atoms with Gasteiger partial charge >= 0.3 is 18.0 Å². The molecule has 0 atom stereocenters. The Morgan fingerprint density at radius 1 is 0.429 bits per heavy atom.